The number of hydrogen-bond donors (Lipinski definition) is 0. The van der Waals surface area contributed by atoms with Crippen molar-refractivity contribution in [1.29, 1.82) is 0 Å². The zero-order chi connectivity index (χ0) is 14.4. The van der Waals surface area contributed by atoms with Crippen LogP contribution >= 0.6 is 0 Å². The minimum Gasteiger partial charge on any atom is -0.338 e. The summed E-state index contributed by atoms with van der Waals surface area (Å²) in [4.78, 5) is 30.9. The molecule has 3 rings (SSSR count). The highest BCUT2D eigenvalue weighted by Gasteiger charge is 2.24. The maximum Gasteiger partial charge on any atom is 0.332 e. The summed E-state index contributed by atoms with van der Waals surface area (Å²) in [6.45, 7) is 6.04. The van der Waals surface area contributed by atoms with Gasteiger partial charge in [-0.1, -0.05) is 6.08 Å². The molecular formula is C13H17N5O2. The molecule has 106 valence electrons. The summed E-state index contributed by atoms with van der Waals surface area (Å²) in [5.41, 5.74) is 0.304. The van der Waals surface area contributed by atoms with E-state index in [4.69, 9.17) is 0 Å². The van der Waals surface area contributed by atoms with E-state index in [0.29, 0.717) is 17.7 Å². The molecule has 20 heavy (non-hydrogen) atoms. The van der Waals surface area contributed by atoms with Crippen LogP contribution in [0, 0.1) is 0 Å². The Labute approximate surface area is 115 Å². The number of imidazole rings is 1. The maximum absolute atomic E-state index is 12.3. The van der Waals surface area contributed by atoms with Gasteiger partial charge >= 0.3 is 5.69 Å². The van der Waals surface area contributed by atoms with Gasteiger partial charge in [0.15, 0.2) is 11.2 Å². The third-order valence-corrected chi connectivity index (χ3v) is 3.77. The highest BCUT2D eigenvalue weighted by molar-refractivity contribution is 5.74. The quantitative estimate of drug-likeness (QED) is 0.714. The predicted molar refractivity (Wildman–Crippen MR) is 77.2 cm³/mol. The largest absolute Gasteiger partial charge is 0.338 e. The van der Waals surface area contributed by atoms with Gasteiger partial charge in [0.1, 0.15) is 0 Å². The van der Waals surface area contributed by atoms with E-state index in [1.165, 1.54) is 11.6 Å². The predicted octanol–water partition coefficient (Wildman–Crippen LogP) is -0.170. The van der Waals surface area contributed by atoms with Crippen LogP contribution in [0.1, 0.15) is 6.42 Å². The molecule has 0 spiro atoms. The molecule has 3 heterocycles. The molecule has 0 aromatic carbocycles. The molecule has 0 aliphatic carbocycles. The molecule has 0 radical (unpaired) electrons. The van der Waals surface area contributed by atoms with Crippen LogP contribution in [0.2, 0.25) is 0 Å². The Morgan fingerprint density at radius 2 is 2.00 bits per heavy atom. The average Bonchev–Trinajstić information content (AvgIpc) is 2.84. The van der Waals surface area contributed by atoms with E-state index < -0.39 is 0 Å². The molecule has 2 aromatic heterocycles. The van der Waals surface area contributed by atoms with Crippen molar-refractivity contribution in [1.82, 2.24) is 18.7 Å². The molecule has 0 saturated carbocycles. The first-order valence-electron chi connectivity index (χ1n) is 6.58. The first-order chi connectivity index (χ1) is 9.56. The Bertz CT molecular complexity index is 811. The summed E-state index contributed by atoms with van der Waals surface area (Å²) < 4.78 is 4.46. The number of nitrogens with zero attached hydrogens (tertiary/aromatic N) is 5. The second kappa shape index (κ2) is 4.36. The zero-order valence-corrected chi connectivity index (χ0v) is 11.7. The lowest BCUT2D eigenvalue weighted by atomic mass is 10.3. The minimum absolute atomic E-state index is 0.290. The van der Waals surface area contributed by atoms with Gasteiger partial charge in [0, 0.05) is 33.7 Å². The first-order valence-corrected chi connectivity index (χ1v) is 6.58. The van der Waals surface area contributed by atoms with E-state index in [1.807, 2.05) is 10.6 Å². The Balaban J connectivity index is 2.40. The first kappa shape index (κ1) is 12.7. The number of hydrogen-bond acceptors (Lipinski definition) is 4. The number of rotatable bonds is 2. The molecule has 0 atom stereocenters. The van der Waals surface area contributed by atoms with Crippen LogP contribution in [-0.4, -0.2) is 31.8 Å². The van der Waals surface area contributed by atoms with Gasteiger partial charge in [-0.05, 0) is 6.42 Å². The monoisotopic (exact) mass is 275 g/mol. The summed E-state index contributed by atoms with van der Waals surface area (Å²) in [5.74, 6) is 0.740. The highest BCUT2D eigenvalue weighted by Crippen LogP contribution is 2.23. The number of aryl methyl sites for hydroxylation is 2. The molecule has 1 aliphatic rings. The molecule has 7 nitrogen and oxygen atoms in total. The van der Waals surface area contributed by atoms with Gasteiger partial charge in [0.05, 0.1) is 0 Å². The van der Waals surface area contributed by atoms with Crippen LogP contribution in [0.25, 0.3) is 11.2 Å². The normalized spacial score (nSPS) is 14.6. The van der Waals surface area contributed by atoms with Gasteiger partial charge in [0.25, 0.3) is 5.56 Å². The van der Waals surface area contributed by atoms with Crippen LogP contribution < -0.4 is 16.1 Å². The van der Waals surface area contributed by atoms with Crippen LogP contribution in [-0.2, 0) is 20.6 Å². The fourth-order valence-electron chi connectivity index (χ4n) is 2.74. The summed E-state index contributed by atoms with van der Waals surface area (Å²) >= 11 is 0. The van der Waals surface area contributed by atoms with Crippen molar-refractivity contribution < 1.29 is 0 Å². The maximum atomic E-state index is 12.3. The van der Waals surface area contributed by atoms with Crippen molar-refractivity contribution in [3.63, 3.8) is 0 Å². The van der Waals surface area contributed by atoms with Crippen LogP contribution in [0.5, 0.6) is 0 Å². The van der Waals surface area contributed by atoms with Crippen molar-refractivity contribution in [3.8, 4) is 0 Å². The second-order valence-electron chi connectivity index (χ2n) is 5.03. The van der Waals surface area contributed by atoms with Gasteiger partial charge < -0.3 is 9.47 Å². The lowest BCUT2D eigenvalue weighted by Crippen LogP contribution is -2.38. The third-order valence-electron chi connectivity index (χ3n) is 3.77. The van der Waals surface area contributed by atoms with Crippen molar-refractivity contribution in [3.05, 3.63) is 33.5 Å². The lowest BCUT2D eigenvalue weighted by molar-refractivity contribution is 0.577. The van der Waals surface area contributed by atoms with E-state index in [0.717, 1.165) is 30.0 Å². The van der Waals surface area contributed by atoms with Crippen LogP contribution in [0.3, 0.4) is 0 Å². The molecule has 1 aliphatic heterocycles. The molecule has 0 unspecified atom stereocenters. The number of anilines is 1. The SMILES string of the molecule is C=CCN1CCCn2c1nc1c2c(=O)n(C)c(=O)n1C. The highest BCUT2D eigenvalue weighted by atomic mass is 16.2. The molecular weight excluding hydrogens is 258 g/mol. The molecule has 0 fully saturated rings. The molecule has 0 saturated heterocycles. The number of aromatic nitrogens is 4. The van der Waals surface area contributed by atoms with Crippen molar-refractivity contribution in [2.75, 3.05) is 18.0 Å². The van der Waals surface area contributed by atoms with Crippen molar-refractivity contribution in [2.45, 2.75) is 13.0 Å². The Morgan fingerprint density at radius 3 is 2.70 bits per heavy atom. The summed E-state index contributed by atoms with van der Waals surface area (Å²) in [6.07, 6.45) is 2.75. The molecule has 0 bridgehead atoms. The molecule has 0 amide bonds. The van der Waals surface area contributed by atoms with E-state index in [-0.39, 0.29) is 11.2 Å². The van der Waals surface area contributed by atoms with Gasteiger partial charge in [0.2, 0.25) is 5.95 Å². The summed E-state index contributed by atoms with van der Waals surface area (Å²) in [5, 5.41) is 0. The number of fused-ring (bicyclic) bond motifs is 3. The van der Waals surface area contributed by atoms with Gasteiger partial charge in [-0.25, -0.2) is 4.79 Å². The minimum atomic E-state index is -0.354. The summed E-state index contributed by atoms with van der Waals surface area (Å²) in [6, 6.07) is 0. The lowest BCUT2D eigenvalue weighted by Gasteiger charge is -2.27. The van der Waals surface area contributed by atoms with E-state index in [1.54, 1.807) is 7.05 Å². The summed E-state index contributed by atoms with van der Waals surface area (Å²) in [7, 11) is 3.13. The Kier molecular flexibility index (Phi) is 2.77. The van der Waals surface area contributed by atoms with E-state index in [9.17, 15) is 9.59 Å². The van der Waals surface area contributed by atoms with E-state index in [2.05, 4.69) is 16.5 Å². The fraction of sp³-hybridized carbons (Fsp3) is 0.462. The zero-order valence-electron chi connectivity index (χ0n) is 11.7. The standard InChI is InChI=1S/C13H17N5O2/c1-4-6-17-7-5-8-18-9-10(14-12(17)18)15(2)13(20)16(3)11(9)19/h4H,1,5-8H2,2-3H3. The second-order valence-corrected chi connectivity index (χ2v) is 5.03. The van der Waals surface area contributed by atoms with Gasteiger partial charge in [-0.2, -0.15) is 4.98 Å². The Morgan fingerprint density at radius 1 is 1.25 bits per heavy atom. The van der Waals surface area contributed by atoms with Gasteiger partial charge in [-0.3, -0.25) is 13.9 Å². The Hall–Kier alpha value is -2.31. The molecule has 7 heteroatoms. The molecule has 0 N–H and O–H groups in total. The average molecular weight is 275 g/mol. The third kappa shape index (κ3) is 1.55. The van der Waals surface area contributed by atoms with Crippen LogP contribution in [0.4, 0.5) is 5.95 Å². The van der Waals surface area contributed by atoms with E-state index >= 15 is 0 Å². The smallest absolute Gasteiger partial charge is 0.332 e. The van der Waals surface area contributed by atoms with Crippen LogP contribution in [0.15, 0.2) is 22.2 Å². The fourth-order valence-corrected chi connectivity index (χ4v) is 2.74. The van der Waals surface area contributed by atoms with Crippen molar-refractivity contribution >= 4 is 17.1 Å². The van der Waals surface area contributed by atoms with Crippen molar-refractivity contribution in [2.24, 2.45) is 14.1 Å². The van der Waals surface area contributed by atoms with Gasteiger partial charge in [-0.15, -0.1) is 6.58 Å². The molecule has 2 aromatic rings. The topological polar surface area (TPSA) is 65.1 Å².